The number of nitrogens with one attached hydrogen (secondary N) is 1. The number of halogens is 5. The molecule has 0 bridgehead atoms. The third-order valence-electron chi connectivity index (χ3n) is 6.56. The van der Waals surface area contributed by atoms with Gasteiger partial charge in [-0.25, -0.2) is 14.4 Å². The van der Waals surface area contributed by atoms with Crippen LogP contribution in [-0.4, -0.2) is 39.1 Å². The summed E-state index contributed by atoms with van der Waals surface area (Å²) in [6.45, 7) is 1.02. The van der Waals surface area contributed by atoms with Crippen LogP contribution in [0.25, 0.3) is 22.8 Å². The van der Waals surface area contributed by atoms with Crippen LogP contribution in [0.2, 0.25) is 0 Å². The molecule has 6 rings (SSSR count). The number of nitrogens with zero attached hydrogens (tertiary/aromatic N) is 8. The largest absolute Gasteiger partial charge is 0.342 e. The van der Waals surface area contributed by atoms with Crippen molar-refractivity contribution >= 4 is 11.8 Å². The van der Waals surface area contributed by atoms with Gasteiger partial charge in [0, 0.05) is 30.6 Å². The number of aryl methyl sites for hydroxylation is 1. The van der Waals surface area contributed by atoms with E-state index < -0.39 is 35.7 Å². The summed E-state index contributed by atoms with van der Waals surface area (Å²) < 4.78 is 75.3. The molecule has 200 valence electrons. The standard InChI is InChI=1S/C25H20F5N9/c1-13-10-31-24(33-19-7-8-32-39(19)23(27)28)34-20(13)15-9-18-21-35-36-22(38(21)14(2)11-37(18)12-15)25(29,30)16-5-3-4-6-17(16)26/h3-10,12,14,23H,11H2,1-2H3,(H,31,33,34)/t14-/m0/s1. The third-order valence-corrected chi connectivity index (χ3v) is 6.56. The minimum Gasteiger partial charge on any atom is -0.342 e. The molecule has 0 radical (unpaired) electrons. The summed E-state index contributed by atoms with van der Waals surface area (Å²) in [4.78, 5) is 8.68. The van der Waals surface area contributed by atoms with Gasteiger partial charge in [0.2, 0.25) is 11.8 Å². The lowest BCUT2D eigenvalue weighted by molar-refractivity contribution is 0.0231. The van der Waals surface area contributed by atoms with Crippen LogP contribution in [0.1, 0.15) is 36.5 Å². The van der Waals surface area contributed by atoms with Gasteiger partial charge in [-0.05, 0) is 37.6 Å². The zero-order valence-corrected chi connectivity index (χ0v) is 20.5. The molecule has 14 heteroatoms. The summed E-state index contributed by atoms with van der Waals surface area (Å²) in [6.07, 6.45) is 4.58. The molecule has 0 saturated heterocycles. The van der Waals surface area contributed by atoms with E-state index in [0.29, 0.717) is 33.7 Å². The van der Waals surface area contributed by atoms with E-state index in [1.54, 1.807) is 32.3 Å². The maximum atomic E-state index is 15.5. The number of anilines is 2. The molecule has 0 fully saturated rings. The predicted octanol–water partition coefficient (Wildman–Crippen LogP) is 5.70. The van der Waals surface area contributed by atoms with Crippen LogP contribution in [0.4, 0.5) is 33.7 Å². The minimum atomic E-state index is -3.71. The van der Waals surface area contributed by atoms with E-state index in [1.807, 2.05) is 4.57 Å². The maximum absolute atomic E-state index is 15.5. The Morgan fingerprint density at radius 1 is 1.13 bits per heavy atom. The summed E-state index contributed by atoms with van der Waals surface area (Å²) >= 11 is 0. The Labute approximate surface area is 218 Å². The molecule has 0 aliphatic carbocycles. The number of alkyl halides is 4. The first-order valence-electron chi connectivity index (χ1n) is 11.9. The highest BCUT2D eigenvalue weighted by Crippen LogP contribution is 2.42. The van der Waals surface area contributed by atoms with E-state index in [1.165, 1.54) is 29.0 Å². The van der Waals surface area contributed by atoms with Gasteiger partial charge < -0.3 is 9.88 Å². The van der Waals surface area contributed by atoms with E-state index in [-0.39, 0.29) is 17.6 Å². The molecule has 1 aromatic carbocycles. The molecule has 4 aromatic heterocycles. The zero-order valence-electron chi connectivity index (χ0n) is 20.5. The molecule has 1 atom stereocenters. The van der Waals surface area contributed by atoms with Gasteiger partial charge in [0.25, 0.3) is 0 Å². The first kappa shape index (κ1) is 24.7. The fourth-order valence-corrected chi connectivity index (χ4v) is 4.76. The quantitative estimate of drug-likeness (QED) is 0.277. The molecule has 39 heavy (non-hydrogen) atoms. The van der Waals surface area contributed by atoms with Crippen LogP contribution < -0.4 is 5.32 Å². The van der Waals surface area contributed by atoms with Crippen LogP contribution in [-0.2, 0) is 12.5 Å². The lowest BCUT2D eigenvalue weighted by Gasteiger charge is -2.27. The Kier molecular flexibility index (Phi) is 5.70. The van der Waals surface area contributed by atoms with Gasteiger partial charge >= 0.3 is 12.5 Å². The summed E-state index contributed by atoms with van der Waals surface area (Å²) in [5.74, 6) is -5.10. The average Bonchev–Trinajstić information content (AvgIpc) is 3.63. The van der Waals surface area contributed by atoms with Crippen molar-refractivity contribution in [1.82, 2.24) is 39.1 Å². The number of hydrogen-bond donors (Lipinski definition) is 1. The maximum Gasteiger partial charge on any atom is 0.335 e. The molecule has 0 spiro atoms. The first-order chi connectivity index (χ1) is 18.6. The van der Waals surface area contributed by atoms with Crippen LogP contribution in [0.3, 0.4) is 0 Å². The summed E-state index contributed by atoms with van der Waals surface area (Å²) in [6, 6.07) is 7.34. The van der Waals surface area contributed by atoms with Gasteiger partial charge in [-0.15, -0.1) is 10.2 Å². The van der Waals surface area contributed by atoms with Gasteiger partial charge in [-0.1, -0.05) is 12.1 Å². The predicted molar refractivity (Wildman–Crippen MR) is 130 cm³/mol. The van der Waals surface area contributed by atoms with E-state index in [9.17, 15) is 13.2 Å². The molecular weight excluding hydrogens is 521 g/mol. The molecule has 5 aromatic rings. The van der Waals surface area contributed by atoms with Crippen molar-refractivity contribution in [1.29, 1.82) is 0 Å². The van der Waals surface area contributed by atoms with Gasteiger partial charge in [0.1, 0.15) is 11.6 Å². The van der Waals surface area contributed by atoms with Crippen molar-refractivity contribution in [2.24, 2.45) is 0 Å². The number of aromatic nitrogens is 8. The average molecular weight is 541 g/mol. The van der Waals surface area contributed by atoms with Crippen LogP contribution >= 0.6 is 0 Å². The molecule has 0 amide bonds. The minimum absolute atomic E-state index is 0.0150. The van der Waals surface area contributed by atoms with Crippen LogP contribution in [0.15, 0.2) is 55.0 Å². The summed E-state index contributed by atoms with van der Waals surface area (Å²) in [5.41, 5.74) is 1.59. The second-order valence-electron chi connectivity index (χ2n) is 9.18. The Hall–Kier alpha value is -4.62. The Morgan fingerprint density at radius 2 is 1.92 bits per heavy atom. The lowest BCUT2D eigenvalue weighted by Crippen LogP contribution is -2.28. The van der Waals surface area contributed by atoms with Gasteiger partial charge in [0.05, 0.1) is 29.2 Å². The molecule has 5 heterocycles. The number of fused-ring (bicyclic) bond motifs is 3. The summed E-state index contributed by atoms with van der Waals surface area (Å²) in [5, 5.41) is 14.2. The monoisotopic (exact) mass is 541 g/mol. The molecule has 0 saturated carbocycles. The van der Waals surface area contributed by atoms with Crippen molar-refractivity contribution in [2.75, 3.05) is 5.32 Å². The fourth-order valence-electron chi connectivity index (χ4n) is 4.76. The van der Waals surface area contributed by atoms with Gasteiger partial charge in [-0.2, -0.15) is 27.3 Å². The zero-order chi connectivity index (χ0) is 27.5. The van der Waals surface area contributed by atoms with E-state index in [2.05, 4.69) is 30.6 Å². The molecule has 1 aliphatic heterocycles. The number of benzene rings is 1. The first-order valence-corrected chi connectivity index (χ1v) is 11.9. The molecular formula is C25H20F5N9. The highest BCUT2D eigenvalue weighted by molar-refractivity contribution is 5.71. The van der Waals surface area contributed by atoms with Gasteiger partial charge in [0.15, 0.2) is 5.82 Å². The Bertz CT molecular complexity index is 1690. The SMILES string of the molecule is Cc1cnc(Nc2ccnn2C(F)F)nc1-c1cc2n(c1)C[C@H](C)n1c-2nnc1C(F)(F)c1ccccc1F. The van der Waals surface area contributed by atoms with Crippen molar-refractivity contribution < 1.29 is 22.0 Å². The van der Waals surface area contributed by atoms with Gasteiger partial charge in [-0.3, -0.25) is 4.57 Å². The third kappa shape index (κ3) is 4.02. The van der Waals surface area contributed by atoms with E-state index in [4.69, 9.17) is 0 Å². The van der Waals surface area contributed by atoms with Crippen molar-refractivity contribution in [3.8, 4) is 22.8 Å². The van der Waals surface area contributed by atoms with E-state index >= 15 is 8.78 Å². The summed E-state index contributed by atoms with van der Waals surface area (Å²) in [7, 11) is 0. The normalized spacial score (nSPS) is 14.9. The second-order valence-corrected chi connectivity index (χ2v) is 9.18. The highest BCUT2D eigenvalue weighted by atomic mass is 19.3. The second kappa shape index (κ2) is 8.99. The topological polar surface area (TPSA) is 91.3 Å². The molecule has 1 N–H and O–H groups in total. The highest BCUT2D eigenvalue weighted by Gasteiger charge is 2.44. The lowest BCUT2D eigenvalue weighted by atomic mass is 10.1. The molecule has 0 unspecified atom stereocenters. The van der Waals surface area contributed by atoms with Crippen molar-refractivity contribution in [2.45, 2.75) is 38.9 Å². The van der Waals surface area contributed by atoms with E-state index in [0.717, 1.165) is 12.1 Å². The molecule has 9 nitrogen and oxygen atoms in total. The Balaban J connectivity index is 1.38. The molecule has 1 aliphatic rings. The fraction of sp³-hybridized carbons (Fsp3) is 0.240. The number of hydrogen-bond acceptors (Lipinski definition) is 6. The van der Waals surface area contributed by atoms with Crippen LogP contribution in [0, 0.1) is 12.7 Å². The van der Waals surface area contributed by atoms with Crippen molar-refractivity contribution in [3.63, 3.8) is 0 Å². The van der Waals surface area contributed by atoms with Crippen LogP contribution in [0.5, 0.6) is 0 Å². The van der Waals surface area contributed by atoms with Crippen molar-refractivity contribution in [3.05, 3.63) is 77.8 Å². The Morgan fingerprint density at radius 3 is 2.69 bits per heavy atom. The number of rotatable bonds is 6. The smallest absolute Gasteiger partial charge is 0.335 e.